The summed E-state index contributed by atoms with van der Waals surface area (Å²) in [5.74, 6) is -3.22. The smallest absolute Gasteiger partial charge is 0.355 e. The molecular weight excluding hydrogens is 366 g/mol. The van der Waals surface area contributed by atoms with E-state index in [0.717, 1.165) is 12.8 Å². The van der Waals surface area contributed by atoms with E-state index in [1.165, 1.54) is 17.1 Å². The third kappa shape index (κ3) is 3.27. The lowest BCUT2D eigenvalue weighted by Gasteiger charge is -2.48. The van der Waals surface area contributed by atoms with Crippen molar-refractivity contribution in [1.82, 2.24) is 4.90 Å². The lowest BCUT2D eigenvalue weighted by molar-refractivity contribution is -0.271. The zero-order valence-corrected chi connectivity index (χ0v) is 15.8. The van der Waals surface area contributed by atoms with Gasteiger partial charge < -0.3 is 14.7 Å². The monoisotopic (exact) mass is 391 g/mol. The summed E-state index contributed by atoms with van der Waals surface area (Å²) in [5, 5.41) is 10.5. The highest BCUT2D eigenvalue weighted by Crippen LogP contribution is 2.53. The molecule has 1 amide bonds. The quantitative estimate of drug-likeness (QED) is 0.166. The molecule has 1 saturated carbocycles. The molecule has 0 spiro atoms. The minimum Gasteiger partial charge on any atom is -0.457 e. The summed E-state index contributed by atoms with van der Waals surface area (Å²) in [4.78, 5) is 48.6. The van der Waals surface area contributed by atoms with Crippen LogP contribution in [0.1, 0.15) is 26.2 Å². The Labute approximate surface area is 163 Å². The predicted octanol–water partition coefficient (Wildman–Crippen LogP) is 1.27. The number of rotatable bonds is 8. The second-order valence-corrected chi connectivity index (χ2v) is 7.23. The molecule has 5 atom stereocenters. The Morgan fingerprint density at radius 3 is 2.68 bits per heavy atom. The summed E-state index contributed by atoms with van der Waals surface area (Å²) in [6, 6.07) is -0.370. The molecule has 152 valence electrons. The van der Waals surface area contributed by atoms with Crippen LogP contribution in [0.25, 0.3) is 0 Å². The number of amides is 1. The lowest BCUT2D eigenvalue weighted by atomic mass is 9.69. The number of aliphatic hydroxyl groups excluding tert-OH is 1. The van der Waals surface area contributed by atoms with Crippen molar-refractivity contribution in [1.29, 1.82) is 0 Å². The van der Waals surface area contributed by atoms with Crippen LogP contribution in [-0.2, 0) is 28.9 Å². The molecule has 2 heterocycles. The van der Waals surface area contributed by atoms with Gasteiger partial charge in [0.1, 0.15) is 18.9 Å². The molecule has 8 heteroatoms. The van der Waals surface area contributed by atoms with E-state index in [-0.39, 0.29) is 36.8 Å². The molecule has 2 aliphatic heterocycles. The number of nitrogens with zero attached hydrogens (tertiary/aromatic N) is 1. The molecule has 1 N–H and O–H groups in total. The Kier molecular flexibility index (Phi) is 6.00. The molecule has 28 heavy (non-hydrogen) atoms. The Balaban J connectivity index is 1.83. The van der Waals surface area contributed by atoms with Crippen LogP contribution >= 0.6 is 0 Å². The van der Waals surface area contributed by atoms with E-state index in [1.54, 1.807) is 6.92 Å². The maximum Gasteiger partial charge on any atom is 0.355 e. The van der Waals surface area contributed by atoms with E-state index in [4.69, 9.17) is 14.5 Å². The fourth-order valence-electron chi connectivity index (χ4n) is 4.43. The first kappa shape index (κ1) is 20.3. The Morgan fingerprint density at radius 1 is 1.29 bits per heavy atom. The first-order valence-corrected chi connectivity index (χ1v) is 9.41. The number of ether oxygens (including phenoxy) is 1. The van der Waals surface area contributed by atoms with Crippen LogP contribution in [0.2, 0.25) is 0 Å². The van der Waals surface area contributed by atoms with Crippen molar-refractivity contribution < 1.29 is 34.0 Å². The molecule has 0 aromatic carbocycles. The van der Waals surface area contributed by atoms with Crippen LogP contribution < -0.4 is 0 Å². The van der Waals surface area contributed by atoms with E-state index < -0.39 is 29.9 Å². The van der Waals surface area contributed by atoms with Gasteiger partial charge in [-0.05, 0) is 24.8 Å². The van der Waals surface area contributed by atoms with Gasteiger partial charge in [-0.15, -0.1) is 6.58 Å². The van der Waals surface area contributed by atoms with Gasteiger partial charge in [0.15, 0.2) is 0 Å². The van der Waals surface area contributed by atoms with Gasteiger partial charge in [0.05, 0.1) is 24.0 Å². The fourth-order valence-corrected chi connectivity index (χ4v) is 4.43. The fraction of sp³-hybridized carbons (Fsp3) is 0.550. The average molecular weight is 391 g/mol. The van der Waals surface area contributed by atoms with Crippen LogP contribution in [-0.4, -0.2) is 53.2 Å². The summed E-state index contributed by atoms with van der Waals surface area (Å²) in [6.45, 7) is 8.64. The van der Waals surface area contributed by atoms with Crippen LogP contribution in [0.4, 0.5) is 0 Å². The minimum absolute atomic E-state index is 0.00979. The zero-order chi connectivity index (χ0) is 20.4. The highest BCUT2D eigenvalue weighted by molar-refractivity contribution is 6.02. The standard InChI is InChI=1S/C20H25NO7/c1-4-9-26-20(25)17-15-12(7-6-8-13(15)22)16-14(18(23)21(16)17)11(3)19(24)28-27-10-5-2/h4-5,11-14,16,22H,1-2,6-10H2,3H3/t11?,12-,13?,14?,16?/m0/s1. The van der Waals surface area contributed by atoms with Crippen molar-refractivity contribution in [2.45, 2.75) is 38.3 Å². The number of carbonyl (C=O) groups is 3. The molecule has 8 nitrogen and oxygen atoms in total. The molecule has 0 aromatic heterocycles. The SMILES string of the molecule is C=CCOOC(=O)C(C)C1C(=O)N2C(C(=O)OCC=C)=C3C(O)CCC[C@@H]3C12. The normalized spacial score (nSPS) is 29.4. The van der Waals surface area contributed by atoms with Gasteiger partial charge in [0.2, 0.25) is 5.91 Å². The highest BCUT2D eigenvalue weighted by atomic mass is 17.2. The number of esters is 1. The van der Waals surface area contributed by atoms with Crippen LogP contribution in [0.3, 0.4) is 0 Å². The zero-order valence-electron chi connectivity index (χ0n) is 15.8. The minimum atomic E-state index is -0.803. The maximum atomic E-state index is 12.9. The van der Waals surface area contributed by atoms with E-state index in [1.807, 2.05) is 0 Å². The Hall–Kier alpha value is -2.45. The largest absolute Gasteiger partial charge is 0.457 e. The summed E-state index contributed by atoms with van der Waals surface area (Å²) < 4.78 is 5.14. The molecule has 2 fully saturated rings. The van der Waals surface area contributed by atoms with Crippen molar-refractivity contribution in [3.8, 4) is 0 Å². The van der Waals surface area contributed by atoms with E-state index >= 15 is 0 Å². The van der Waals surface area contributed by atoms with Crippen molar-refractivity contribution >= 4 is 17.8 Å². The summed E-state index contributed by atoms with van der Waals surface area (Å²) >= 11 is 0. The van der Waals surface area contributed by atoms with Gasteiger partial charge in [-0.1, -0.05) is 25.7 Å². The van der Waals surface area contributed by atoms with E-state index in [2.05, 4.69) is 13.2 Å². The Morgan fingerprint density at radius 2 is 2.00 bits per heavy atom. The lowest BCUT2D eigenvalue weighted by Crippen LogP contribution is -2.63. The molecular formula is C20H25NO7. The van der Waals surface area contributed by atoms with Crippen LogP contribution in [0.15, 0.2) is 36.6 Å². The predicted molar refractivity (Wildman–Crippen MR) is 97.1 cm³/mol. The van der Waals surface area contributed by atoms with Crippen LogP contribution in [0.5, 0.6) is 0 Å². The highest BCUT2D eigenvalue weighted by Gasteiger charge is 2.63. The molecule has 0 radical (unpaired) electrons. The summed E-state index contributed by atoms with van der Waals surface area (Å²) in [5.41, 5.74) is 0.665. The number of hydrogen-bond donors (Lipinski definition) is 1. The molecule has 3 rings (SSSR count). The number of hydrogen-bond acceptors (Lipinski definition) is 7. The molecule has 1 saturated heterocycles. The van der Waals surface area contributed by atoms with E-state index in [0.29, 0.717) is 12.0 Å². The molecule has 3 aliphatic rings. The first-order chi connectivity index (χ1) is 13.4. The van der Waals surface area contributed by atoms with Gasteiger partial charge in [0, 0.05) is 5.92 Å². The van der Waals surface area contributed by atoms with Gasteiger partial charge in [-0.3, -0.25) is 9.68 Å². The van der Waals surface area contributed by atoms with Crippen molar-refractivity contribution in [2.24, 2.45) is 17.8 Å². The molecule has 0 bridgehead atoms. The Bertz CT molecular complexity index is 728. The first-order valence-electron chi connectivity index (χ1n) is 9.41. The van der Waals surface area contributed by atoms with Gasteiger partial charge in [0.25, 0.3) is 0 Å². The summed E-state index contributed by atoms with van der Waals surface area (Å²) in [6.07, 6.45) is 4.10. The van der Waals surface area contributed by atoms with Crippen LogP contribution in [0, 0.1) is 17.8 Å². The summed E-state index contributed by atoms with van der Waals surface area (Å²) in [7, 11) is 0. The number of β-lactam (4-membered cyclic amide) rings is 1. The van der Waals surface area contributed by atoms with Gasteiger partial charge in [-0.25, -0.2) is 9.59 Å². The second-order valence-electron chi connectivity index (χ2n) is 7.23. The topological polar surface area (TPSA) is 102 Å². The number of fused-ring (bicyclic) bond motifs is 3. The van der Waals surface area contributed by atoms with E-state index in [9.17, 15) is 19.5 Å². The third-order valence-electron chi connectivity index (χ3n) is 5.63. The van der Waals surface area contributed by atoms with Crippen molar-refractivity contribution in [3.05, 3.63) is 36.6 Å². The number of carbonyl (C=O) groups excluding carboxylic acids is 3. The van der Waals surface area contributed by atoms with Crippen molar-refractivity contribution in [2.75, 3.05) is 13.2 Å². The average Bonchev–Trinajstić information content (AvgIpc) is 2.98. The van der Waals surface area contributed by atoms with Crippen molar-refractivity contribution in [3.63, 3.8) is 0 Å². The molecule has 0 aromatic rings. The molecule has 1 aliphatic carbocycles. The third-order valence-corrected chi connectivity index (χ3v) is 5.63. The van der Waals surface area contributed by atoms with Gasteiger partial charge >= 0.3 is 11.9 Å². The second kappa shape index (κ2) is 8.28. The molecule has 4 unspecified atom stereocenters. The van der Waals surface area contributed by atoms with Gasteiger partial charge in [-0.2, -0.15) is 4.89 Å². The maximum absolute atomic E-state index is 12.9. The number of aliphatic hydroxyl groups is 1.